The van der Waals surface area contributed by atoms with Gasteiger partial charge in [0.25, 0.3) is 0 Å². The predicted molar refractivity (Wildman–Crippen MR) is 120 cm³/mol. The maximum absolute atomic E-state index is 13.4. The first-order valence-electron chi connectivity index (χ1n) is 11.1. The molecule has 168 valence electrons. The van der Waals surface area contributed by atoms with Crippen LogP contribution < -0.4 is 0 Å². The number of likely N-dealkylation sites (tertiary alicyclic amines) is 1. The third-order valence-corrected chi connectivity index (χ3v) is 8.39. The van der Waals surface area contributed by atoms with Crippen LogP contribution in [-0.2, 0) is 21.2 Å². The number of rotatable bonds is 6. The minimum Gasteiger partial charge on any atom is -0.341 e. The zero-order valence-electron chi connectivity index (χ0n) is 18.6. The fourth-order valence-electron chi connectivity index (χ4n) is 4.92. The first kappa shape index (κ1) is 22.0. The van der Waals surface area contributed by atoms with Crippen molar-refractivity contribution in [1.29, 1.82) is 0 Å². The Hall–Kier alpha value is -2.19. The molecule has 2 atom stereocenters. The van der Waals surface area contributed by atoms with Crippen molar-refractivity contribution in [3.8, 4) is 0 Å². The second-order valence-electron chi connectivity index (χ2n) is 8.91. The van der Waals surface area contributed by atoms with Gasteiger partial charge in [0.1, 0.15) is 6.04 Å². The van der Waals surface area contributed by atoms with Crippen molar-refractivity contribution in [1.82, 2.24) is 19.6 Å². The van der Waals surface area contributed by atoms with E-state index in [1.54, 1.807) is 0 Å². The minimum absolute atomic E-state index is 0.0982. The van der Waals surface area contributed by atoms with E-state index in [4.69, 9.17) is 5.10 Å². The lowest BCUT2D eigenvalue weighted by atomic mass is 10.0. The van der Waals surface area contributed by atoms with Crippen LogP contribution in [0.4, 0.5) is 0 Å². The normalized spacial score (nSPS) is 21.7. The first-order chi connectivity index (χ1) is 14.8. The lowest BCUT2D eigenvalue weighted by Crippen LogP contribution is -2.40. The number of likely N-dealkylation sites (N-methyl/N-ethyl adjacent to an activating group) is 1. The van der Waals surface area contributed by atoms with Gasteiger partial charge >= 0.3 is 0 Å². The summed E-state index contributed by atoms with van der Waals surface area (Å²) in [5, 5.41) is 4.70. The van der Waals surface area contributed by atoms with E-state index in [0.717, 1.165) is 48.4 Å². The number of hydrogen-bond donors (Lipinski definition) is 0. The Morgan fingerprint density at radius 1 is 1.19 bits per heavy atom. The monoisotopic (exact) mass is 444 g/mol. The number of aromatic nitrogens is 2. The van der Waals surface area contributed by atoms with E-state index in [2.05, 4.69) is 4.90 Å². The third kappa shape index (κ3) is 4.55. The fraction of sp³-hybridized carbons (Fsp3) is 0.565. The second-order valence-corrected chi connectivity index (χ2v) is 11.1. The topological polar surface area (TPSA) is 75.5 Å². The highest BCUT2D eigenvalue weighted by Crippen LogP contribution is 2.30. The molecule has 2 saturated heterocycles. The summed E-state index contributed by atoms with van der Waals surface area (Å²) in [5.41, 5.74) is 3.95. The standard InChI is InChI=1S/C23H32N4O3S/c1-17-21(18(2)27(24-17)20-11-14-31(29,30)16-20)15-25(3)22(19-9-5-4-6-10-19)23(28)26-12-7-8-13-26/h4-6,9-10,20,22H,7-8,11-16H2,1-3H3. The predicted octanol–water partition coefficient (Wildman–Crippen LogP) is 2.66. The molecule has 2 fully saturated rings. The molecule has 2 aliphatic rings. The van der Waals surface area contributed by atoms with Crippen LogP contribution in [-0.4, -0.2) is 65.5 Å². The number of hydrogen-bond acceptors (Lipinski definition) is 5. The van der Waals surface area contributed by atoms with Crippen LogP contribution in [0, 0.1) is 13.8 Å². The summed E-state index contributed by atoms with van der Waals surface area (Å²) in [6.07, 6.45) is 2.73. The molecule has 4 rings (SSSR count). The number of sulfone groups is 1. The van der Waals surface area contributed by atoms with Crippen molar-refractivity contribution in [3.63, 3.8) is 0 Å². The molecule has 31 heavy (non-hydrogen) atoms. The van der Waals surface area contributed by atoms with E-state index in [1.807, 2.05) is 60.8 Å². The zero-order chi connectivity index (χ0) is 22.2. The zero-order valence-corrected chi connectivity index (χ0v) is 19.4. The average molecular weight is 445 g/mol. The number of benzene rings is 1. The summed E-state index contributed by atoms with van der Waals surface area (Å²) >= 11 is 0. The Kier molecular flexibility index (Phi) is 6.21. The van der Waals surface area contributed by atoms with E-state index in [0.29, 0.717) is 13.0 Å². The van der Waals surface area contributed by atoms with Crippen molar-refractivity contribution in [2.75, 3.05) is 31.6 Å². The molecule has 2 unspecified atom stereocenters. The maximum Gasteiger partial charge on any atom is 0.244 e. The average Bonchev–Trinajstić information content (AvgIpc) is 3.45. The Morgan fingerprint density at radius 3 is 2.48 bits per heavy atom. The highest BCUT2D eigenvalue weighted by atomic mass is 32.2. The van der Waals surface area contributed by atoms with E-state index in [1.165, 1.54) is 0 Å². The van der Waals surface area contributed by atoms with Gasteiger partial charge in [-0.25, -0.2) is 8.42 Å². The van der Waals surface area contributed by atoms with E-state index < -0.39 is 9.84 Å². The number of carbonyl (C=O) groups is 1. The highest BCUT2D eigenvalue weighted by molar-refractivity contribution is 7.91. The highest BCUT2D eigenvalue weighted by Gasteiger charge is 2.34. The number of aryl methyl sites for hydroxylation is 1. The Bertz CT molecular complexity index is 1040. The van der Waals surface area contributed by atoms with Crippen LogP contribution in [0.2, 0.25) is 0 Å². The molecule has 2 aliphatic heterocycles. The third-order valence-electron chi connectivity index (χ3n) is 6.64. The summed E-state index contributed by atoms with van der Waals surface area (Å²) in [7, 11) is -0.991. The van der Waals surface area contributed by atoms with Gasteiger partial charge in [0, 0.05) is 30.9 Å². The van der Waals surface area contributed by atoms with Crippen molar-refractivity contribution < 1.29 is 13.2 Å². The van der Waals surface area contributed by atoms with Gasteiger partial charge in [-0.05, 0) is 45.7 Å². The molecule has 8 heteroatoms. The SMILES string of the molecule is Cc1nn(C2CCS(=O)(=O)C2)c(C)c1CN(C)C(C(=O)N1CCCC1)c1ccccc1. The molecule has 0 N–H and O–H groups in total. The Morgan fingerprint density at radius 2 is 1.87 bits per heavy atom. The molecule has 7 nitrogen and oxygen atoms in total. The molecule has 0 aliphatic carbocycles. The van der Waals surface area contributed by atoms with Crippen molar-refractivity contribution in [2.24, 2.45) is 0 Å². The van der Waals surface area contributed by atoms with Crippen LogP contribution in [0.3, 0.4) is 0 Å². The summed E-state index contributed by atoms with van der Waals surface area (Å²) in [6.45, 7) is 6.20. The van der Waals surface area contributed by atoms with E-state index in [9.17, 15) is 13.2 Å². The first-order valence-corrected chi connectivity index (χ1v) is 12.9. The molecule has 1 amide bonds. The molecule has 2 aromatic rings. The van der Waals surface area contributed by atoms with Crippen molar-refractivity contribution in [2.45, 2.75) is 51.7 Å². The maximum atomic E-state index is 13.4. The van der Waals surface area contributed by atoms with E-state index >= 15 is 0 Å². The molecular formula is C23H32N4O3S. The summed E-state index contributed by atoms with van der Waals surface area (Å²) < 4.78 is 25.8. The lowest BCUT2D eigenvalue weighted by molar-refractivity contribution is -0.136. The quantitative estimate of drug-likeness (QED) is 0.685. The number of amides is 1. The van der Waals surface area contributed by atoms with Gasteiger partial charge in [-0.1, -0.05) is 30.3 Å². The molecule has 3 heterocycles. The molecular weight excluding hydrogens is 412 g/mol. The van der Waals surface area contributed by atoms with Gasteiger partial charge in [-0.2, -0.15) is 5.10 Å². The van der Waals surface area contributed by atoms with Gasteiger partial charge in [0.2, 0.25) is 5.91 Å². The van der Waals surface area contributed by atoms with Crippen LogP contribution in [0.25, 0.3) is 0 Å². The van der Waals surface area contributed by atoms with Gasteiger partial charge in [-0.3, -0.25) is 14.4 Å². The Balaban J connectivity index is 1.60. The van der Waals surface area contributed by atoms with Gasteiger partial charge in [0.05, 0.1) is 23.2 Å². The van der Waals surface area contributed by atoms with Crippen molar-refractivity contribution in [3.05, 3.63) is 52.8 Å². The molecule has 1 aromatic carbocycles. The summed E-state index contributed by atoms with van der Waals surface area (Å²) in [6, 6.07) is 9.50. The summed E-state index contributed by atoms with van der Waals surface area (Å²) in [5.74, 6) is 0.534. The molecule has 1 aromatic heterocycles. The van der Waals surface area contributed by atoms with Gasteiger partial charge in [0.15, 0.2) is 9.84 Å². The minimum atomic E-state index is -2.98. The Labute approximate surface area is 184 Å². The molecule has 0 saturated carbocycles. The van der Waals surface area contributed by atoms with Crippen LogP contribution in [0.1, 0.15) is 53.9 Å². The second kappa shape index (κ2) is 8.74. The van der Waals surface area contributed by atoms with Crippen LogP contribution in [0.15, 0.2) is 30.3 Å². The number of nitrogens with zero attached hydrogens (tertiary/aromatic N) is 4. The smallest absolute Gasteiger partial charge is 0.244 e. The van der Waals surface area contributed by atoms with Gasteiger partial charge in [-0.15, -0.1) is 0 Å². The fourth-order valence-corrected chi connectivity index (χ4v) is 6.61. The van der Waals surface area contributed by atoms with Gasteiger partial charge < -0.3 is 4.90 Å². The largest absolute Gasteiger partial charge is 0.341 e. The van der Waals surface area contributed by atoms with Crippen molar-refractivity contribution >= 4 is 15.7 Å². The van der Waals surface area contributed by atoms with Crippen LogP contribution >= 0.6 is 0 Å². The number of carbonyl (C=O) groups excluding carboxylic acids is 1. The molecule has 0 bridgehead atoms. The summed E-state index contributed by atoms with van der Waals surface area (Å²) in [4.78, 5) is 17.5. The van der Waals surface area contributed by atoms with Crippen LogP contribution in [0.5, 0.6) is 0 Å². The van der Waals surface area contributed by atoms with E-state index in [-0.39, 0.29) is 29.5 Å². The lowest BCUT2D eigenvalue weighted by Gasteiger charge is -2.31. The molecule has 0 radical (unpaired) electrons. The molecule has 0 spiro atoms.